The third-order valence-electron chi connectivity index (χ3n) is 2.55. The Morgan fingerprint density at radius 2 is 2.12 bits per heavy atom. The summed E-state index contributed by atoms with van der Waals surface area (Å²) >= 11 is 5.60. The fourth-order valence-electron chi connectivity index (χ4n) is 1.54. The van der Waals surface area contributed by atoms with Crippen LogP contribution in [0.3, 0.4) is 0 Å². The van der Waals surface area contributed by atoms with Crippen molar-refractivity contribution in [2.75, 3.05) is 0 Å². The first-order valence-corrected chi connectivity index (χ1v) is 5.73. The Balaban J connectivity index is 2.33. The van der Waals surface area contributed by atoms with E-state index in [1.807, 2.05) is 6.92 Å². The Hall–Kier alpha value is -1.32. The van der Waals surface area contributed by atoms with Gasteiger partial charge in [-0.25, -0.2) is 4.39 Å². The molecule has 17 heavy (non-hydrogen) atoms. The highest BCUT2D eigenvalue weighted by Crippen LogP contribution is 2.28. The molecule has 0 bridgehead atoms. The van der Waals surface area contributed by atoms with Crippen LogP contribution < -0.4 is 0 Å². The number of benzene rings is 1. The summed E-state index contributed by atoms with van der Waals surface area (Å²) in [6.45, 7) is 1.86. The van der Waals surface area contributed by atoms with E-state index < -0.39 is 11.9 Å². The molecule has 0 amide bonds. The number of hydrogen-bond acceptors (Lipinski definition) is 2. The number of hydrogen-bond donors (Lipinski definition) is 1. The predicted molar refractivity (Wildman–Crippen MR) is 64.4 cm³/mol. The molecule has 1 aromatic carbocycles. The van der Waals surface area contributed by atoms with Gasteiger partial charge < -0.3 is 9.52 Å². The highest BCUT2D eigenvalue weighted by atomic mass is 35.5. The van der Waals surface area contributed by atoms with Gasteiger partial charge in [-0.2, -0.15) is 0 Å². The van der Waals surface area contributed by atoms with Gasteiger partial charge in [-0.15, -0.1) is 0 Å². The molecule has 0 aliphatic carbocycles. The molecule has 1 unspecified atom stereocenters. The van der Waals surface area contributed by atoms with Gasteiger partial charge in [0.25, 0.3) is 0 Å². The van der Waals surface area contributed by atoms with Crippen molar-refractivity contribution >= 4 is 11.6 Å². The van der Waals surface area contributed by atoms with Crippen molar-refractivity contribution in [1.29, 1.82) is 0 Å². The monoisotopic (exact) mass is 254 g/mol. The van der Waals surface area contributed by atoms with Crippen molar-refractivity contribution in [3.63, 3.8) is 0 Å². The molecule has 0 saturated carbocycles. The second kappa shape index (κ2) is 4.90. The van der Waals surface area contributed by atoms with Gasteiger partial charge in [0.2, 0.25) is 0 Å². The van der Waals surface area contributed by atoms with E-state index in [2.05, 4.69) is 0 Å². The van der Waals surface area contributed by atoms with E-state index >= 15 is 0 Å². The molecule has 90 valence electrons. The summed E-state index contributed by atoms with van der Waals surface area (Å²) in [4.78, 5) is 0. The Kier molecular flexibility index (Phi) is 3.50. The van der Waals surface area contributed by atoms with Crippen LogP contribution in [0, 0.1) is 5.82 Å². The van der Waals surface area contributed by atoms with Gasteiger partial charge in [0.05, 0.1) is 5.02 Å². The highest BCUT2D eigenvalue weighted by Gasteiger charge is 2.12. The summed E-state index contributed by atoms with van der Waals surface area (Å²) in [5.74, 6) is 0.513. The molecule has 0 aliphatic rings. The summed E-state index contributed by atoms with van der Waals surface area (Å²) in [7, 11) is 0. The predicted octanol–water partition coefficient (Wildman–Crippen LogP) is 4.18. The maximum atomic E-state index is 13.3. The van der Waals surface area contributed by atoms with E-state index in [0.29, 0.717) is 23.5 Å². The van der Waals surface area contributed by atoms with Crippen LogP contribution in [-0.4, -0.2) is 5.11 Å². The third kappa shape index (κ3) is 2.51. The standard InChI is InChI=1S/C13H12ClFO2/c1-2-11(16)13-6-5-12(17-13)8-3-4-9(14)10(15)7-8/h3-7,11,16H,2H2,1H3. The van der Waals surface area contributed by atoms with E-state index in [0.717, 1.165) is 0 Å². The van der Waals surface area contributed by atoms with Crippen molar-refractivity contribution < 1.29 is 13.9 Å². The molecular formula is C13H12ClFO2. The third-order valence-corrected chi connectivity index (χ3v) is 2.85. The van der Waals surface area contributed by atoms with Crippen LogP contribution in [0.5, 0.6) is 0 Å². The minimum atomic E-state index is -0.624. The molecule has 2 nitrogen and oxygen atoms in total. The molecule has 1 heterocycles. The van der Waals surface area contributed by atoms with Crippen molar-refractivity contribution in [2.24, 2.45) is 0 Å². The first kappa shape index (κ1) is 12.1. The first-order valence-electron chi connectivity index (χ1n) is 5.35. The van der Waals surface area contributed by atoms with Gasteiger partial charge in [0.1, 0.15) is 23.4 Å². The van der Waals surface area contributed by atoms with Gasteiger partial charge in [0.15, 0.2) is 0 Å². The van der Waals surface area contributed by atoms with Crippen LogP contribution in [-0.2, 0) is 0 Å². The lowest BCUT2D eigenvalue weighted by molar-refractivity contribution is 0.147. The first-order chi connectivity index (χ1) is 8.11. The minimum absolute atomic E-state index is 0.0779. The number of aliphatic hydroxyl groups excluding tert-OH is 1. The zero-order valence-electron chi connectivity index (χ0n) is 9.28. The quantitative estimate of drug-likeness (QED) is 0.891. The minimum Gasteiger partial charge on any atom is -0.458 e. The van der Waals surface area contributed by atoms with Gasteiger partial charge >= 0.3 is 0 Å². The molecule has 1 aromatic heterocycles. The molecule has 1 N–H and O–H groups in total. The Morgan fingerprint density at radius 1 is 1.35 bits per heavy atom. The molecule has 0 spiro atoms. The molecule has 2 aromatic rings. The zero-order valence-corrected chi connectivity index (χ0v) is 10.0. The second-order valence-corrected chi connectivity index (χ2v) is 4.16. The topological polar surface area (TPSA) is 33.4 Å². The number of halogens is 2. The van der Waals surface area contributed by atoms with Gasteiger partial charge in [-0.3, -0.25) is 0 Å². The lowest BCUT2D eigenvalue weighted by Crippen LogP contribution is -1.91. The van der Waals surface area contributed by atoms with Crippen molar-refractivity contribution in [1.82, 2.24) is 0 Å². The van der Waals surface area contributed by atoms with E-state index in [-0.39, 0.29) is 5.02 Å². The molecule has 0 radical (unpaired) electrons. The van der Waals surface area contributed by atoms with Crippen LogP contribution in [0.15, 0.2) is 34.7 Å². The van der Waals surface area contributed by atoms with E-state index in [1.165, 1.54) is 12.1 Å². The van der Waals surface area contributed by atoms with E-state index in [9.17, 15) is 9.50 Å². The van der Waals surface area contributed by atoms with Gasteiger partial charge in [-0.05, 0) is 36.8 Å². The Labute approximate surface area is 104 Å². The molecule has 2 rings (SSSR count). The number of aliphatic hydroxyl groups is 1. The molecular weight excluding hydrogens is 243 g/mol. The van der Waals surface area contributed by atoms with Crippen LogP contribution in [0.2, 0.25) is 5.02 Å². The average molecular weight is 255 g/mol. The summed E-state index contributed by atoms with van der Waals surface area (Å²) < 4.78 is 18.7. The summed E-state index contributed by atoms with van der Waals surface area (Å²) in [6.07, 6.45) is -0.0528. The lowest BCUT2D eigenvalue weighted by atomic mass is 10.2. The summed E-state index contributed by atoms with van der Waals surface area (Å²) in [5, 5.41) is 9.68. The van der Waals surface area contributed by atoms with E-state index in [1.54, 1.807) is 18.2 Å². The van der Waals surface area contributed by atoms with Crippen molar-refractivity contribution in [3.05, 3.63) is 46.9 Å². The van der Waals surface area contributed by atoms with Gasteiger partial charge in [0, 0.05) is 5.56 Å². The largest absolute Gasteiger partial charge is 0.458 e. The molecule has 0 aliphatic heterocycles. The Morgan fingerprint density at radius 3 is 2.76 bits per heavy atom. The molecule has 4 heteroatoms. The van der Waals surface area contributed by atoms with E-state index in [4.69, 9.17) is 16.0 Å². The normalized spacial score (nSPS) is 12.7. The van der Waals surface area contributed by atoms with Gasteiger partial charge in [-0.1, -0.05) is 18.5 Å². The maximum Gasteiger partial charge on any atom is 0.142 e. The van der Waals surface area contributed by atoms with Crippen molar-refractivity contribution in [3.8, 4) is 11.3 Å². The molecule has 0 fully saturated rings. The molecule has 0 saturated heterocycles. The maximum absolute atomic E-state index is 13.3. The summed E-state index contributed by atoms with van der Waals surface area (Å²) in [6, 6.07) is 7.85. The second-order valence-electron chi connectivity index (χ2n) is 3.75. The fourth-order valence-corrected chi connectivity index (χ4v) is 1.66. The number of furan rings is 1. The van der Waals surface area contributed by atoms with Crippen LogP contribution in [0.25, 0.3) is 11.3 Å². The lowest BCUT2D eigenvalue weighted by Gasteiger charge is -2.03. The Bertz CT molecular complexity index is 522. The van der Waals surface area contributed by atoms with Crippen LogP contribution in [0.4, 0.5) is 4.39 Å². The van der Waals surface area contributed by atoms with Crippen molar-refractivity contribution in [2.45, 2.75) is 19.4 Å². The zero-order chi connectivity index (χ0) is 12.4. The SMILES string of the molecule is CCC(O)c1ccc(-c2ccc(Cl)c(F)c2)o1. The summed E-state index contributed by atoms with van der Waals surface area (Å²) in [5.41, 5.74) is 0.599. The van der Waals surface area contributed by atoms with Crippen LogP contribution in [0.1, 0.15) is 25.2 Å². The molecule has 1 atom stereocenters. The van der Waals surface area contributed by atoms with Crippen LogP contribution >= 0.6 is 11.6 Å². The fraction of sp³-hybridized carbons (Fsp3) is 0.231. The highest BCUT2D eigenvalue weighted by molar-refractivity contribution is 6.30. The average Bonchev–Trinajstić information content (AvgIpc) is 2.81. The number of rotatable bonds is 3. The smallest absolute Gasteiger partial charge is 0.142 e.